The molecule has 0 saturated heterocycles. The van der Waals surface area contributed by atoms with Gasteiger partial charge in [0, 0.05) is 13.2 Å². The van der Waals surface area contributed by atoms with Crippen LogP contribution < -0.4 is 0 Å². The normalized spacial score (nSPS) is 11.9. The van der Waals surface area contributed by atoms with Crippen LogP contribution in [-0.4, -0.2) is 40.0 Å². The van der Waals surface area contributed by atoms with Gasteiger partial charge in [0.2, 0.25) is 0 Å². The third kappa shape index (κ3) is 2.56. The van der Waals surface area contributed by atoms with Crippen molar-refractivity contribution in [3.8, 4) is 0 Å². The Hall–Kier alpha value is -1.91. The first-order valence-electron chi connectivity index (χ1n) is 4.99. The van der Waals surface area contributed by atoms with Gasteiger partial charge in [0.1, 0.15) is 11.7 Å². The van der Waals surface area contributed by atoms with Crippen LogP contribution in [0.25, 0.3) is 0 Å². The lowest BCUT2D eigenvalue weighted by molar-refractivity contribution is -0.142. The molecule has 0 unspecified atom stereocenters. The van der Waals surface area contributed by atoms with E-state index in [4.69, 9.17) is 5.11 Å². The first kappa shape index (κ1) is 12.2. The molecule has 1 heterocycles. The van der Waals surface area contributed by atoms with E-state index in [0.717, 1.165) is 0 Å². The summed E-state index contributed by atoms with van der Waals surface area (Å²) in [6, 6.07) is 4.14. The van der Waals surface area contributed by atoms with Gasteiger partial charge in [-0.05, 0) is 18.6 Å². The monoisotopic (exact) mass is 222 g/mol. The smallest absolute Gasteiger partial charge is 0.326 e. The first-order valence-corrected chi connectivity index (χ1v) is 4.99. The van der Waals surface area contributed by atoms with E-state index in [-0.39, 0.29) is 11.6 Å². The summed E-state index contributed by atoms with van der Waals surface area (Å²) in [5, 5.41) is 8.93. The molecule has 1 rings (SSSR count). The Balaban J connectivity index is 2.86. The Bertz CT molecular complexity index is 378. The van der Waals surface area contributed by atoms with Crippen molar-refractivity contribution in [2.45, 2.75) is 19.4 Å². The van der Waals surface area contributed by atoms with E-state index < -0.39 is 12.0 Å². The summed E-state index contributed by atoms with van der Waals surface area (Å²) in [5.74, 6) is -1.39. The second-order valence-electron chi connectivity index (χ2n) is 3.39. The highest BCUT2D eigenvalue weighted by Gasteiger charge is 2.25. The second-order valence-corrected chi connectivity index (χ2v) is 3.39. The van der Waals surface area contributed by atoms with Crippen LogP contribution in [0.3, 0.4) is 0 Å². The minimum absolute atomic E-state index is 0.254. The molecule has 0 aliphatic rings. The Labute approximate surface area is 93.7 Å². The first-order chi connectivity index (χ1) is 7.57. The zero-order chi connectivity index (χ0) is 12.1. The van der Waals surface area contributed by atoms with Crippen LogP contribution in [0.15, 0.2) is 24.4 Å². The van der Waals surface area contributed by atoms with Gasteiger partial charge in [-0.1, -0.05) is 13.0 Å². The zero-order valence-corrected chi connectivity index (χ0v) is 9.25. The quantitative estimate of drug-likeness (QED) is 0.825. The number of carbonyl (C=O) groups is 2. The summed E-state index contributed by atoms with van der Waals surface area (Å²) in [7, 11) is 1.47. The highest BCUT2D eigenvalue weighted by Crippen LogP contribution is 2.07. The molecule has 0 aliphatic heterocycles. The molecule has 0 bridgehead atoms. The fraction of sp³-hybridized carbons (Fsp3) is 0.364. The largest absolute Gasteiger partial charge is 0.480 e. The van der Waals surface area contributed by atoms with Crippen molar-refractivity contribution in [2.75, 3.05) is 7.05 Å². The standard InChI is InChI=1S/C11H14N2O3/c1-3-9(11(15)16)13(2)10(14)8-6-4-5-7-12-8/h4-7,9H,3H2,1-2H3,(H,15,16)/t9-/m1/s1. The summed E-state index contributed by atoms with van der Waals surface area (Å²) in [5.41, 5.74) is 0.254. The van der Waals surface area contributed by atoms with Crippen molar-refractivity contribution in [3.05, 3.63) is 30.1 Å². The summed E-state index contributed by atoms with van der Waals surface area (Å²) in [6.45, 7) is 1.72. The second kappa shape index (κ2) is 5.25. The predicted molar refractivity (Wildman–Crippen MR) is 58.0 cm³/mol. The zero-order valence-electron chi connectivity index (χ0n) is 9.25. The molecule has 0 radical (unpaired) electrons. The predicted octanol–water partition coefficient (Wildman–Crippen LogP) is 1.02. The molecule has 86 valence electrons. The van der Waals surface area contributed by atoms with Crippen LogP contribution in [-0.2, 0) is 4.79 Å². The molecule has 1 atom stereocenters. The van der Waals surface area contributed by atoms with Crippen molar-refractivity contribution in [2.24, 2.45) is 0 Å². The lowest BCUT2D eigenvalue weighted by Gasteiger charge is -2.23. The number of hydrogen-bond acceptors (Lipinski definition) is 3. The Morgan fingerprint density at radius 2 is 2.19 bits per heavy atom. The molecular weight excluding hydrogens is 208 g/mol. The van der Waals surface area contributed by atoms with Gasteiger partial charge in [-0.15, -0.1) is 0 Å². The molecule has 0 saturated carbocycles. The third-order valence-corrected chi connectivity index (χ3v) is 2.34. The number of nitrogens with zero attached hydrogens (tertiary/aromatic N) is 2. The maximum atomic E-state index is 11.8. The lowest BCUT2D eigenvalue weighted by Crippen LogP contribution is -2.42. The maximum Gasteiger partial charge on any atom is 0.326 e. The number of hydrogen-bond donors (Lipinski definition) is 1. The molecule has 16 heavy (non-hydrogen) atoms. The van der Waals surface area contributed by atoms with Gasteiger partial charge < -0.3 is 10.0 Å². The van der Waals surface area contributed by atoms with Crippen LogP contribution >= 0.6 is 0 Å². The van der Waals surface area contributed by atoms with Crippen LogP contribution in [0.1, 0.15) is 23.8 Å². The number of carboxylic acids is 1. The fourth-order valence-electron chi connectivity index (χ4n) is 1.43. The van der Waals surface area contributed by atoms with Gasteiger partial charge in [-0.2, -0.15) is 0 Å². The number of pyridine rings is 1. The van der Waals surface area contributed by atoms with Crippen molar-refractivity contribution in [1.29, 1.82) is 0 Å². The van der Waals surface area contributed by atoms with Crippen molar-refractivity contribution in [1.82, 2.24) is 9.88 Å². The summed E-state index contributed by atoms with van der Waals surface area (Å²) < 4.78 is 0. The number of aromatic nitrogens is 1. The number of carboxylic acid groups (broad SMARTS) is 1. The molecule has 5 nitrogen and oxygen atoms in total. The van der Waals surface area contributed by atoms with Crippen molar-refractivity contribution >= 4 is 11.9 Å². The number of aliphatic carboxylic acids is 1. The number of carbonyl (C=O) groups excluding carboxylic acids is 1. The Kier molecular flexibility index (Phi) is 3.99. The Morgan fingerprint density at radius 3 is 2.62 bits per heavy atom. The minimum Gasteiger partial charge on any atom is -0.480 e. The van der Waals surface area contributed by atoms with Gasteiger partial charge in [0.05, 0.1) is 0 Å². The van der Waals surface area contributed by atoms with Crippen LogP contribution in [0.2, 0.25) is 0 Å². The fourth-order valence-corrected chi connectivity index (χ4v) is 1.43. The average molecular weight is 222 g/mol. The van der Waals surface area contributed by atoms with Crippen LogP contribution in [0.4, 0.5) is 0 Å². The van der Waals surface area contributed by atoms with Gasteiger partial charge in [-0.3, -0.25) is 9.78 Å². The molecule has 0 aromatic carbocycles. The highest BCUT2D eigenvalue weighted by molar-refractivity contribution is 5.94. The van der Waals surface area contributed by atoms with E-state index in [1.807, 2.05) is 0 Å². The minimum atomic E-state index is -1.01. The number of amides is 1. The van der Waals surface area contributed by atoms with E-state index in [9.17, 15) is 9.59 Å². The molecule has 0 fully saturated rings. The van der Waals surface area contributed by atoms with Gasteiger partial charge >= 0.3 is 5.97 Å². The SMILES string of the molecule is CC[C@H](C(=O)O)N(C)C(=O)c1ccccn1. The molecule has 0 aliphatic carbocycles. The molecule has 1 aromatic rings. The van der Waals surface area contributed by atoms with Gasteiger partial charge in [0.15, 0.2) is 0 Å². The molecule has 1 N–H and O–H groups in total. The summed E-state index contributed by atoms with van der Waals surface area (Å²) in [6.07, 6.45) is 1.87. The molecular formula is C11H14N2O3. The van der Waals surface area contributed by atoms with Crippen molar-refractivity contribution < 1.29 is 14.7 Å². The summed E-state index contributed by atoms with van der Waals surface area (Å²) in [4.78, 5) is 27.8. The molecule has 1 amide bonds. The van der Waals surface area contributed by atoms with Crippen molar-refractivity contribution in [3.63, 3.8) is 0 Å². The highest BCUT2D eigenvalue weighted by atomic mass is 16.4. The van der Waals surface area contributed by atoms with E-state index in [1.165, 1.54) is 18.1 Å². The Morgan fingerprint density at radius 1 is 1.50 bits per heavy atom. The topological polar surface area (TPSA) is 70.5 Å². The van der Waals surface area contributed by atoms with Crippen LogP contribution in [0.5, 0.6) is 0 Å². The van der Waals surface area contributed by atoms with Gasteiger partial charge in [0.25, 0.3) is 5.91 Å². The molecule has 0 spiro atoms. The van der Waals surface area contributed by atoms with E-state index in [2.05, 4.69) is 4.98 Å². The van der Waals surface area contributed by atoms with Crippen LogP contribution in [0, 0.1) is 0 Å². The lowest BCUT2D eigenvalue weighted by atomic mass is 10.2. The molecule has 1 aromatic heterocycles. The molecule has 5 heteroatoms. The van der Waals surface area contributed by atoms with E-state index in [0.29, 0.717) is 6.42 Å². The third-order valence-electron chi connectivity index (χ3n) is 2.34. The number of rotatable bonds is 4. The van der Waals surface area contributed by atoms with E-state index in [1.54, 1.807) is 25.1 Å². The van der Waals surface area contributed by atoms with Gasteiger partial charge in [-0.25, -0.2) is 4.79 Å². The number of likely N-dealkylation sites (N-methyl/N-ethyl adjacent to an activating group) is 1. The maximum absolute atomic E-state index is 11.8. The van der Waals surface area contributed by atoms with E-state index >= 15 is 0 Å². The summed E-state index contributed by atoms with van der Waals surface area (Å²) >= 11 is 0. The average Bonchev–Trinajstić information content (AvgIpc) is 2.29.